The lowest BCUT2D eigenvalue weighted by atomic mass is 10.1. The van der Waals surface area contributed by atoms with Crippen molar-refractivity contribution in [2.45, 2.75) is 18.9 Å². The van der Waals surface area contributed by atoms with Gasteiger partial charge >= 0.3 is 0 Å². The maximum atomic E-state index is 5.59. The minimum atomic E-state index is 0.307. The summed E-state index contributed by atoms with van der Waals surface area (Å²) in [7, 11) is 0. The lowest BCUT2D eigenvalue weighted by molar-refractivity contribution is 0.257. The topological polar surface area (TPSA) is 31.0 Å². The van der Waals surface area contributed by atoms with Gasteiger partial charge in [-0.25, -0.2) is 0 Å². The van der Waals surface area contributed by atoms with Gasteiger partial charge in [0.25, 0.3) is 0 Å². The van der Waals surface area contributed by atoms with Crippen LogP contribution in [-0.4, -0.2) is 25.9 Å². The van der Waals surface area contributed by atoms with Crippen molar-refractivity contribution < 1.29 is 14.2 Å². The lowest BCUT2D eigenvalue weighted by Gasteiger charge is -2.17. The van der Waals surface area contributed by atoms with Crippen LogP contribution in [0.2, 0.25) is 0 Å². The Labute approximate surface area is 89.0 Å². The van der Waals surface area contributed by atoms with E-state index in [1.807, 2.05) is 12.1 Å². The van der Waals surface area contributed by atoms with E-state index in [9.17, 15) is 0 Å². The van der Waals surface area contributed by atoms with Crippen LogP contribution in [-0.2, 0) is 11.2 Å². The molecule has 3 heteroatoms. The van der Waals surface area contributed by atoms with Crippen LogP contribution in [0.15, 0.2) is 18.2 Å². The Morgan fingerprint density at radius 3 is 3.20 bits per heavy atom. The van der Waals surface area contributed by atoms with E-state index >= 15 is 0 Å². The number of benzene rings is 1. The summed E-state index contributed by atoms with van der Waals surface area (Å²) in [5, 5.41) is 0. The quantitative estimate of drug-likeness (QED) is 0.706. The summed E-state index contributed by atoms with van der Waals surface area (Å²) in [6.07, 6.45) is 2.53. The standard InChI is InChI=1S/C12H14O3/c1-2-9-3-4-10(6-12(9)13-5-1)14-7-11-8-15-11/h3-4,6,11H,1-2,5,7-8H2. The van der Waals surface area contributed by atoms with Crippen molar-refractivity contribution in [2.75, 3.05) is 19.8 Å². The SMILES string of the molecule is c1cc2c(cc1OCC1CO1)OCCC2. The molecule has 1 saturated heterocycles. The molecule has 0 bridgehead atoms. The van der Waals surface area contributed by atoms with Gasteiger partial charge in [0, 0.05) is 6.07 Å². The lowest BCUT2D eigenvalue weighted by Crippen LogP contribution is -2.09. The highest BCUT2D eigenvalue weighted by molar-refractivity contribution is 5.41. The predicted molar refractivity (Wildman–Crippen MR) is 55.5 cm³/mol. The van der Waals surface area contributed by atoms with E-state index in [2.05, 4.69) is 6.07 Å². The highest BCUT2D eigenvalue weighted by Crippen LogP contribution is 2.29. The second kappa shape index (κ2) is 3.74. The number of aryl methyl sites for hydroxylation is 1. The number of ether oxygens (including phenoxy) is 3. The summed E-state index contributed by atoms with van der Waals surface area (Å²) in [5.41, 5.74) is 1.29. The van der Waals surface area contributed by atoms with E-state index in [0.717, 1.165) is 37.6 Å². The van der Waals surface area contributed by atoms with Crippen molar-refractivity contribution in [1.82, 2.24) is 0 Å². The van der Waals surface area contributed by atoms with Gasteiger partial charge in [-0.05, 0) is 24.5 Å². The first kappa shape index (κ1) is 9.04. The summed E-state index contributed by atoms with van der Waals surface area (Å²) in [4.78, 5) is 0. The molecule has 2 aliphatic rings. The third kappa shape index (κ3) is 2.07. The molecule has 1 atom stereocenters. The first-order valence-corrected chi connectivity index (χ1v) is 5.42. The van der Waals surface area contributed by atoms with Gasteiger partial charge in [0.15, 0.2) is 0 Å². The highest BCUT2D eigenvalue weighted by atomic mass is 16.6. The van der Waals surface area contributed by atoms with Crippen LogP contribution in [0.4, 0.5) is 0 Å². The van der Waals surface area contributed by atoms with Crippen LogP contribution in [0.5, 0.6) is 11.5 Å². The molecule has 80 valence electrons. The number of rotatable bonds is 3. The Morgan fingerprint density at radius 1 is 1.40 bits per heavy atom. The van der Waals surface area contributed by atoms with E-state index in [4.69, 9.17) is 14.2 Å². The summed E-state index contributed by atoms with van der Waals surface area (Å²) in [6.45, 7) is 2.31. The molecule has 2 heterocycles. The molecule has 0 radical (unpaired) electrons. The van der Waals surface area contributed by atoms with E-state index in [-0.39, 0.29) is 0 Å². The molecule has 0 N–H and O–H groups in total. The molecule has 0 saturated carbocycles. The smallest absolute Gasteiger partial charge is 0.126 e. The van der Waals surface area contributed by atoms with Crippen molar-refractivity contribution in [2.24, 2.45) is 0 Å². The molecule has 1 aromatic rings. The molecule has 1 aromatic carbocycles. The zero-order chi connectivity index (χ0) is 10.1. The van der Waals surface area contributed by atoms with Gasteiger partial charge in [0.05, 0.1) is 13.2 Å². The average molecular weight is 206 g/mol. The normalized spacial score (nSPS) is 22.8. The van der Waals surface area contributed by atoms with Crippen molar-refractivity contribution in [1.29, 1.82) is 0 Å². The Morgan fingerprint density at radius 2 is 2.33 bits per heavy atom. The van der Waals surface area contributed by atoms with Gasteiger partial charge in [0.2, 0.25) is 0 Å². The Bertz CT molecular complexity index is 358. The molecule has 0 aliphatic carbocycles. The molecule has 0 amide bonds. The third-order valence-corrected chi connectivity index (χ3v) is 2.72. The van der Waals surface area contributed by atoms with Gasteiger partial charge in [0.1, 0.15) is 24.2 Å². The van der Waals surface area contributed by atoms with Crippen LogP contribution in [0, 0.1) is 0 Å². The number of hydrogen-bond acceptors (Lipinski definition) is 3. The van der Waals surface area contributed by atoms with Gasteiger partial charge < -0.3 is 14.2 Å². The van der Waals surface area contributed by atoms with Gasteiger partial charge in [-0.2, -0.15) is 0 Å². The Hall–Kier alpha value is -1.22. The molecule has 3 rings (SSSR count). The third-order valence-electron chi connectivity index (χ3n) is 2.72. The molecule has 1 unspecified atom stereocenters. The van der Waals surface area contributed by atoms with E-state index < -0.39 is 0 Å². The zero-order valence-electron chi connectivity index (χ0n) is 8.57. The molecule has 2 aliphatic heterocycles. The first-order chi connectivity index (χ1) is 7.42. The van der Waals surface area contributed by atoms with Crippen LogP contribution in [0.3, 0.4) is 0 Å². The van der Waals surface area contributed by atoms with Crippen molar-refractivity contribution >= 4 is 0 Å². The van der Waals surface area contributed by atoms with Crippen LogP contribution in [0.25, 0.3) is 0 Å². The number of hydrogen-bond donors (Lipinski definition) is 0. The summed E-state index contributed by atoms with van der Waals surface area (Å²) in [5.74, 6) is 1.86. The predicted octanol–water partition coefficient (Wildman–Crippen LogP) is 1.79. The zero-order valence-corrected chi connectivity index (χ0v) is 8.57. The van der Waals surface area contributed by atoms with E-state index in [1.54, 1.807) is 0 Å². The number of fused-ring (bicyclic) bond motifs is 1. The fourth-order valence-electron chi connectivity index (χ4n) is 1.76. The minimum Gasteiger partial charge on any atom is -0.493 e. The molecule has 15 heavy (non-hydrogen) atoms. The highest BCUT2D eigenvalue weighted by Gasteiger charge is 2.23. The fourth-order valence-corrected chi connectivity index (χ4v) is 1.76. The molecule has 1 fully saturated rings. The van der Waals surface area contributed by atoms with Crippen molar-refractivity contribution in [3.8, 4) is 11.5 Å². The number of epoxide rings is 1. The monoisotopic (exact) mass is 206 g/mol. The van der Waals surface area contributed by atoms with E-state index in [1.165, 1.54) is 5.56 Å². The minimum absolute atomic E-state index is 0.307. The summed E-state index contributed by atoms with van der Waals surface area (Å²) in [6, 6.07) is 6.09. The van der Waals surface area contributed by atoms with Crippen molar-refractivity contribution in [3.05, 3.63) is 23.8 Å². The fraction of sp³-hybridized carbons (Fsp3) is 0.500. The molecule has 0 aromatic heterocycles. The van der Waals surface area contributed by atoms with Crippen LogP contribution < -0.4 is 9.47 Å². The Balaban J connectivity index is 1.71. The molecule has 0 spiro atoms. The van der Waals surface area contributed by atoms with Gasteiger partial charge in [-0.15, -0.1) is 0 Å². The van der Waals surface area contributed by atoms with Gasteiger partial charge in [-0.3, -0.25) is 0 Å². The largest absolute Gasteiger partial charge is 0.493 e. The molecular weight excluding hydrogens is 192 g/mol. The maximum absolute atomic E-state index is 5.59. The second-order valence-electron chi connectivity index (χ2n) is 3.99. The maximum Gasteiger partial charge on any atom is 0.126 e. The molecule has 3 nitrogen and oxygen atoms in total. The second-order valence-corrected chi connectivity index (χ2v) is 3.99. The summed E-state index contributed by atoms with van der Waals surface area (Å²) >= 11 is 0. The molecular formula is C12H14O3. The van der Waals surface area contributed by atoms with Crippen LogP contribution in [0.1, 0.15) is 12.0 Å². The van der Waals surface area contributed by atoms with Crippen molar-refractivity contribution in [3.63, 3.8) is 0 Å². The van der Waals surface area contributed by atoms with Crippen LogP contribution >= 0.6 is 0 Å². The van der Waals surface area contributed by atoms with Gasteiger partial charge in [-0.1, -0.05) is 6.07 Å². The van der Waals surface area contributed by atoms with E-state index in [0.29, 0.717) is 12.7 Å². The average Bonchev–Trinajstić information content (AvgIpc) is 3.10. The Kier molecular flexibility index (Phi) is 2.25. The summed E-state index contributed by atoms with van der Waals surface area (Å²) < 4.78 is 16.3. The first-order valence-electron chi connectivity index (χ1n) is 5.42.